The fourth-order valence-electron chi connectivity index (χ4n) is 2.66. The molecule has 0 aliphatic rings. The molecule has 0 radical (unpaired) electrons. The monoisotopic (exact) mass is 438 g/mol. The predicted molar refractivity (Wildman–Crippen MR) is 119 cm³/mol. The molecule has 5 N–H and O–H groups in total. The number of halogens is 3. The van der Waals surface area contributed by atoms with Crippen molar-refractivity contribution in [3.05, 3.63) is 59.7 Å². The Balaban J connectivity index is 2.34. The third-order valence-electron chi connectivity index (χ3n) is 4.13. The Kier molecular flexibility index (Phi) is 9.22. The van der Waals surface area contributed by atoms with E-state index in [0.717, 1.165) is 34.7 Å². The molecule has 0 spiro atoms. The zero-order valence-electron chi connectivity index (χ0n) is 16.5. The maximum atomic E-state index is 12.8. The second kappa shape index (κ2) is 11.6. The molecule has 0 aromatic heterocycles. The highest BCUT2D eigenvalue weighted by Crippen LogP contribution is 2.32. The van der Waals surface area contributed by atoms with E-state index in [2.05, 4.69) is 15.0 Å². The fourth-order valence-corrected chi connectivity index (χ4v) is 3.07. The van der Waals surface area contributed by atoms with Crippen LogP contribution < -0.4 is 15.8 Å². The van der Waals surface area contributed by atoms with E-state index in [4.69, 9.17) is 10.8 Å². The third-order valence-corrected chi connectivity index (χ3v) is 4.83. The van der Waals surface area contributed by atoms with E-state index in [9.17, 15) is 13.2 Å². The summed E-state index contributed by atoms with van der Waals surface area (Å²) in [6.07, 6.45) is -1.21. The molecule has 162 valence electrons. The Morgan fingerprint density at radius 3 is 2.50 bits per heavy atom. The predicted octanol–water partition coefficient (Wildman–Crippen LogP) is 4.01. The van der Waals surface area contributed by atoms with Crippen molar-refractivity contribution in [2.24, 2.45) is 10.7 Å². The fraction of sp³-hybridized carbons (Fsp3) is 0.286. The number of aliphatic hydroxyl groups excluding tert-OH is 1. The number of aliphatic imine (C=N–C) groups is 1. The quantitative estimate of drug-likeness (QED) is 0.256. The topological polar surface area (TPSA) is 82.7 Å². The second-order valence-electron chi connectivity index (χ2n) is 6.22. The van der Waals surface area contributed by atoms with Gasteiger partial charge in [-0.1, -0.05) is 30.1 Å². The van der Waals surface area contributed by atoms with Crippen LogP contribution in [-0.2, 0) is 6.18 Å². The number of rotatable bonds is 10. The molecular formula is C21H25F3N4OS. The standard InChI is InChI=1S/C21H25F3N4OS/c1-26-30-13-11-28-20-7-4-16(14-18(20)19(25)8-9-27-10-12-29)15-2-5-17(6-3-15)21(22,23)24/h2-9,14,26,28-29H,10-13,25H2,1H3/b19-8-,27-9?. The van der Waals surface area contributed by atoms with Crippen molar-refractivity contribution in [1.29, 1.82) is 0 Å². The minimum Gasteiger partial charge on any atom is -0.398 e. The van der Waals surface area contributed by atoms with Crippen LogP contribution >= 0.6 is 11.9 Å². The van der Waals surface area contributed by atoms with Crippen LogP contribution in [0.5, 0.6) is 0 Å². The number of allylic oxidation sites excluding steroid dienone is 1. The maximum Gasteiger partial charge on any atom is 0.416 e. The van der Waals surface area contributed by atoms with Crippen molar-refractivity contribution < 1.29 is 18.3 Å². The van der Waals surface area contributed by atoms with Gasteiger partial charge in [0.2, 0.25) is 0 Å². The molecule has 0 aliphatic heterocycles. The van der Waals surface area contributed by atoms with E-state index in [1.54, 1.807) is 18.0 Å². The molecule has 0 heterocycles. The van der Waals surface area contributed by atoms with Gasteiger partial charge in [-0.05, 0) is 48.5 Å². The van der Waals surface area contributed by atoms with Gasteiger partial charge in [0.1, 0.15) is 0 Å². The first kappa shape index (κ1) is 23.8. The molecule has 0 bridgehead atoms. The first-order chi connectivity index (χ1) is 14.4. The Bertz CT molecular complexity index is 868. The number of benzene rings is 2. The van der Waals surface area contributed by atoms with Gasteiger partial charge < -0.3 is 16.2 Å². The van der Waals surface area contributed by atoms with Gasteiger partial charge in [0.25, 0.3) is 0 Å². The Morgan fingerprint density at radius 1 is 1.17 bits per heavy atom. The molecule has 0 amide bonds. The number of alkyl halides is 3. The van der Waals surface area contributed by atoms with Crippen molar-refractivity contribution in [2.75, 3.05) is 37.8 Å². The van der Waals surface area contributed by atoms with Crippen LogP contribution in [0, 0.1) is 0 Å². The zero-order valence-corrected chi connectivity index (χ0v) is 17.4. The highest BCUT2D eigenvalue weighted by molar-refractivity contribution is 7.97. The van der Waals surface area contributed by atoms with Gasteiger partial charge >= 0.3 is 6.18 Å². The molecule has 0 atom stereocenters. The van der Waals surface area contributed by atoms with E-state index in [1.165, 1.54) is 18.3 Å². The van der Waals surface area contributed by atoms with Crippen LogP contribution in [0.3, 0.4) is 0 Å². The molecule has 0 aliphatic carbocycles. The van der Waals surface area contributed by atoms with Crippen molar-refractivity contribution in [3.8, 4) is 11.1 Å². The number of nitrogens with two attached hydrogens (primary N) is 1. The van der Waals surface area contributed by atoms with E-state index in [0.29, 0.717) is 17.8 Å². The van der Waals surface area contributed by atoms with Crippen molar-refractivity contribution >= 4 is 29.5 Å². The molecule has 2 aromatic carbocycles. The van der Waals surface area contributed by atoms with Crippen LogP contribution in [0.2, 0.25) is 0 Å². The molecule has 0 fully saturated rings. The minimum absolute atomic E-state index is 0.0520. The molecule has 30 heavy (non-hydrogen) atoms. The lowest BCUT2D eigenvalue weighted by Crippen LogP contribution is -2.10. The highest BCUT2D eigenvalue weighted by Gasteiger charge is 2.29. The molecule has 2 rings (SSSR count). The van der Waals surface area contributed by atoms with Crippen LogP contribution in [0.25, 0.3) is 16.8 Å². The number of nitrogens with zero attached hydrogens (tertiary/aromatic N) is 1. The number of anilines is 1. The Morgan fingerprint density at radius 2 is 1.87 bits per heavy atom. The molecule has 2 aromatic rings. The normalized spacial score (nSPS) is 12.5. The smallest absolute Gasteiger partial charge is 0.398 e. The Hall–Kier alpha value is -2.49. The summed E-state index contributed by atoms with van der Waals surface area (Å²) in [5.74, 6) is 0.832. The second-order valence-corrected chi connectivity index (χ2v) is 7.32. The minimum atomic E-state index is -4.37. The van der Waals surface area contributed by atoms with Gasteiger partial charge in [0, 0.05) is 35.5 Å². The van der Waals surface area contributed by atoms with Gasteiger partial charge in [-0.25, -0.2) is 0 Å². The van der Waals surface area contributed by atoms with E-state index in [1.807, 2.05) is 25.2 Å². The first-order valence-electron chi connectivity index (χ1n) is 9.27. The van der Waals surface area contributed by atoms with Crippen LogP contribution in [0.15, 0.2) is 53.5 Å². The van der Waals surface area contributed by atoms with E-state index in [-0.39, 0.29) is 13.2 Å². The molecular weight excluding hydrogens is 413 g/mol. The van der Waals surface area contributed by atoms with Crippen molar-refractivity contribution in [3.63, 3.8) is 0 Å². The summed E-state index contributed by atoms with van der Waals surface area (Å²) in [6.45, 7) is 0.926. The summed E-state index contributed by atoms with van der Waals surface area (Å²) in [7, 11) is 1.85. The molecule has 0 unspecified atom stereocenters. The van der Waals surface area contributed by atoms with Gasteiger partial charge in [0.15, 0.2) is 0 Å². The van der Waals surface area contributed by atoms with Crippen LogP contribution in [0.1, 0.15) is 11.1 Å². The average molecular weight is 439 g/mol. The molecule has 5 nitrogen and oxygen atoms in total. The first-order valence-corrected chi connectivity index (χ1v) is 10.3. The summed E-state index contributed by atoms with van der Waals surface area (Å²) in [5, 5.41) is 12.1. The molecule has 0 saturated heterocycles. The van der Waals surface area contributed by atoms with Crippen molar-refractivity contribution in [1.82, 2.24) is 4.72 Å². The zero-order chi connectivity index (χ0) is 22.0. The van der Waals surface area contributed by atoms with Gasteiger partial charge in [-0.15, -0.1) is 0 Å². The lowest BCUT2D eigenvalue weighted by atomic mass is 9.99. The number of hydrogen-bond acceptors (Lipinski definition) is 6. The van der Waals surface area contributed by atoms with Crippen LogP contribution in [-0.4, -0.2) is 43.8 Å². The summed E-state index contributed by atoms with van der Waals surface area (Å²) >= 11 is 1.57. The molecule has 0 saturated carbocycles. The van der Waals surface area contributed by atoms with Gasteiger partial charge in [-0.2, -0.15) is 13.2 Å². The summed E-state index contributed by atoms with van der Waals surface area (Å²) in [5.41, 5.74) is 8.94. The SMILES string of the molecule is CNSCCNc1ccc(-c2ccc(C(F)(F)F)cc2)cc1/C(N)=C/C=NCCO. The third kappa shape index (κ3) is 7.08. The highest BCUT2D eigenvalue weighted by atomic mass is 32.2. The van der Waals surface area contributed by atoms with E-state index >= 15 is 0 Å². The van der Waals surface area contributed by atoms with Crippen molar-refractivity contribution in [2.45, 2.75) is 6.18 Å². The van der Waals surface area contributed by atoms with Gasteiger partial charge in [0.05, 0.1) is 18.7 Å². The summed E-state index contributed by atoms with van der Waals surface area (Å²) < 4.78 is 41.5. The molecule has 9 heteroatoms. The van der Waals surface area contributed by atoms with E-state index < -0.39 is 11.7 Å². The van der Waals surface area contributed by atoms with Crippen LogP contribution in [0.4, 0.5) is 18.9 Å². The Labute approximate surface area is 178 Å². The number of hydrogen-bond donors (Lipinski definition) is 4. The summed E-state index contributed by atoms with van der Waals surface area (Å²) in [4.78, 5) is 4.01. The largest absolute Gasteiger partial charge is 0.416 e. The number of nitrogens with one attached hydrogen (secondary N) is 2. The van der Waals surface area contributed by atoms with Gasteiger partial charge in [-0.3, -0.25) is 9.71 Å². The summed E-state index contributed by atoms with van der Waals surface area (Å²) in [6, 6.07) is 10.6. The lowest BCUT2D eigenvalue weighted by molar-refractivity contribution is -0.137. The number of aliphatic hydroxyl groups is 1. The maximum absolute atomic E-state index is 12.8. The lowest BCUT2D eigenvalue weighted by Gasteiger charge is -2.15. The average Bonchev–Trinajstić information content (AvgIpc) is 2.73.